The highest BCUT2D eigenvalue weighted by Crippen LogP contribution is 2.23. The Morgan fingerprint density at radius 3 is 2.17 bits per heavy atom. The fourth-order valence-corrected chi connectivity index (χ4v) is 2.69. The van der Waals surface area contributed by atoms with E-state index < -0.39 is 26.7 Å². The molecular weight excluding hydrogens is 333 g/mol. The standard InChI is InChI=1S/C17H18FNO4S/c1-17(2,3)12-6-4-11(5-7-12)16(20)19-13-8-9-14(18)15(10-13)24(21,22)23/h4-10H,1-3H3,(H,19,20)(H,21,22,23). The number of carbonyl (C=O) groups excluding carboxylic acids is 1. The van der Waals surface area contributed by atoms with Gasteiger partial charge in [-0.15, -0.1) is 0 Å². The van der Waals surface area contributed by atoms with Crippen molar-refractivity contribution in [2.75, 3.05) is 5.32 Å². The quantitative estimate of drug-likeness (QED) is 0.827. The van der Waals surface area contributed by atoms with Crippen LogP contribution in [0.3, 0.4) is 0 Å². The SMILES string of the molecule is CC(C)(C)c1ccc(C(=O)Nc2ccc(F)c(S(=O)(=O)O)c2)cc1. The van der Waals surface area contributed by atoms with Crippen LogP contribution in [-0.4, -0.2) is 18.9 Å². The van der Waals surface area contributed by atoms with Crippen LogP contribution in [0.4, 0.5) is 10.1 Å². The van der Waals surface area contributed by atoms with Crippen LogP contribution in [-0.2, 0) is 15.5 Å². The van der Waals surface area contributed by atoms with E-state index in [4.69, 9.17) is 4.55 Å². The minimum absolute atomic E-state index is 0.0453. The fraction of sp³-hybridized carbons (Fsp3) is 0.235. The van der Waals surface area contributed by atoms with Crippen molar-refractivity contribution in [1.82, 2.24) is 0 Å². The number of rotatable bonds is 3. The van der Waals surface area contributed by atoms with Crippen LogP contribution in [0.2, 0.25) is 0 Å². The van der Waals surface area contributed by atoms with Gasteiger partial charge >= 0.3 is 0 Å². The topological polar surface area (TPSA) is 83.5 Å². The average molecular weight is 351 g/mol. The third-order valence-corrected chi connectivity index (χ3v) is 4.35. The van der Waals surface area contributed by atoms with E-state index >= 15 is 0 Å². The highest BCUT2D eigenvalue weighted by atomic mass is 32.2. The molecule has 0 atom stereocenters. The Labute approximate surface area is 140 Å². The molecule has 7 heteroatoms. The monoisotopic (exact) mass is 351 g/mol. The lowest BCUT2D eigenvalue weighted by molar-refractivity contribution is 0.102. The van der Waals surface area contributed by atoms with Crippen LogP contribution in [0, 0.1) is 5.82 Å². The number of hydrogen-bond donors (Lipinski definition) is 2. The highest BCUT2D eigenvalue weighted by molar-refractivity contribution is 7.85. The second kappa shape index (κ2) is 6.33. The molecule has 5 nitrogen and oxygen atoms in total. The van der Waals surface area contributed by atoms with Crippen molar-refractivity contribution >= 4 is 21.7 Å². The lowest BCUT2D eigenvalue weighted by atomic mass is 9.87. The zero-order valence-electron chi connectivity index (χ0n) is 13.5. The van der Waals surface area contributed by atoms with Gasteiger partial charge in [-0.25, -0.2) is 4.39 Å². The second-order valence-electron chi connectivity index (χ2n) is 6.40. The number of amides is 1. The lowest BCUT2D eigenvalue weighted by Gasteiger charge is -2.19. The van der Waals surface area contributed by atoms with Crippen LogP contribution in [0.5, 0.6) is 0 Å². The van der Waals surface area contributed by atoms with Crippen molar-refractivity contribution in [2.24, 2.45) is 0 Å². The van der Waals surface area contributed by atoms with Gasteiger partial charge in [-0.3, -0.25) is 9.35 Å². The predicted molar refractivity (Wildman–Crippen MR) is 89.3 cm³/mol. The van der Waals surface area contributed by atoms with Gasteiger partial charge in [0.1, 0.15) is 10.7 Å². The van der Waals surface area contributed by atoms with Gasteiger partial charge in [0.25, 0.3) is 16.0 Å². The maximum atomic E-state index is 13.4. The Hall–Kier alpha value is -2.25. The van der Waals surface area contributed by atoms with Gasteiger partial charge < -0.3 is 5.32 Å². The Morgan fingerprint density at radius 1 is 1.08 bits per heavy atom. The molecule has 128 valence electrons. The summed E-state index contributed by atoms with van der Waals surface area (Å²) in [5.41, 5.74) is 1.46. The summed E-state index contributed by atoms with van der Waals surface area (Å²) in [4.78, 5) is 11.3. The Kier molecular flexibility index (Phi) is 4.77. The minimum atomic E-state index is -4.70. The second-order valence-corrected chi connectivity index (χ2v) is 7.79. The van der Waals surface area contributed by atoms with Crippen LogP contribution in [0.25, 0.3) is 0 Å². The van der Waals surface area contributed by atoms with Crippen LogP contribution >= 0.6 is 0 Å². The van der Waals surface area contributed by atoms with E-state index in [1.165, 1.54) is 6.07 Å². The van der Waals surface area contributed by atoms with Crippen LogP contribution in [0.15, 0.2) is 47.4 Å². The molecule has 0 unspecified atom stereocenters. The summed E-state index contributed by atoms with van der Waals surface area (Å²) in [6, 6.07) is 9.93. The van der Waals surface area contributed by atoms with Gasteiger partial charge in [0.05, 0.1) is 0 Å². The number of hydrogen-bond acceptors (Lipinski definition) is 3. The molecule has 2 aromatic carbocycles. The first kappa shape index (κ1) is 18.1. The lowest BCUT2D eigenvalue weighted by Crippen LogP contribution is -2.14. The highest BCUT2D eigenvalue weighted by Gasteiger charge is 2.18. The molecule has 0 radical (unpaired) electrons. The molecule has 0 spiro atoms. The molecule has 0 aliphatic carbocycles. The Morgan fingerprint density at radius 2 is 1.67 bits per heavy atom. The van der Waals surface area contributed by atoms with Gasteiger partial charge in [-0.2, -0.15) is 8.42 Å². The molecule has 0 fully saturated rings. The van der Waals surface area contributed by atoms with Gasteiger partial charge in [-0.1, -0.05) is 32.9 Å². The molecule has 0 aromatic heterocycles. The number of benzene rings is 2. The largest absolute Gasteiger partial charge is 0.322 e. The van der Waals surface area contributed by atoms with Crippen molar-refractivity contribution in [3.63, 3.8) is 0 Å². The zero-order valence-corrected chi connectivity index (χ0v) is 14.3. The van der Waals surface area contributed by atoms with Gasteiger partial charge in [-0.05, 0) is 41.3 Å². The molecule has 0 saturated heterocycles. The molecule has 2 N–H and O–H groups in total. The van der Waals surface area contributed by atoms with Crippen LogP contribution < -0.4 is 5.32 Å². The van der Waals surface area contributed by atoms with E-state index in [1.807, 2.05) is 12.1 Å². The van der Waals surface area contributed by atoms with Gasteiger partial charge in [0, 0.05) is 11.3 Å². The van der Waals surface area contributed by atoms with E-state index in [0.29, 0.717) is 5.56 Å². The number of carbonyl (C=O) groups is 1. The summed E-state index contributed by atoms with van der Waals surface area (Å²) in [7, 11) is -4.70. The minimum Gasteiger partial charge on any atom is -0.322 e. The number of anilines is 1. The predicted octanol–water partition coefficient (Wildman–Crippen LogP) is 3.62. The van der Waals surface area contributed by atoms with Crippen molar-refractivity contribution in [3.8, 4) is 0 Å². The molecule has 0 aliphatic rings. The normalized spacial score (nSPS) is 12.0. The first-order valence-electron chi connectivity index (χ1n) is 7.17. The molecular formula is C17H18FNO4S. The molecule has 0 bridgehead atoms. The molecule has 24 heavy (non-hydrogen) atoms. The van der Waals surface area contributed by atoms with Crippen LogP contribution in [0.1, 0.15) is 36.7 Å². The first-order valence-corrected chi connectivity index (χ1v) is 8.61. The van der Waals surface area contributed by atoms with E-state index in [-0.39, 0.29) is 11.1 Å². The number of halogens is 1. The van der Waals surface area contributed by atoms with E-state index in [1.54, 1.807) is 12.1 Å². The van der Waals surface area contributed by atoms with Gasteiger partial charge in [0.2, 0.25) is 0 Å². The molecule has 0 saturated carbocycles. The number of nitrogens with one attached hydrogen (secondary N) is 1. The Balaban J connectivity index is 2.24. The third-order valence-electron chi connectivity index (χ3n) is 3.48. The molecule has 2 rings (SSSR count). The van der Waals surface area contributed by atoms with Crippen molar-refractivity contribution in [3.05, 3.63) is 59.4 Å². The summed E-state index contributed by atoms with van der Waals surface area (Å²) >= 11 is 0. The Bertz CT molecular complexity index is 868. The van der Waals surface area contributed by atoms with E-state index in [2.05, 4.69) is 26.1 Å². The molecule has 1 amide bonds. The maximum Gasteiger partial charge on any atom is 0.297 e. The third kappa shape index (κ3) is 4.18. The first-order chi connectivity index (χ1) is 11.0. The van der Waals surface area contributed by atoms with E-state index in [9.17, 15) is 17.6 Å². The smallest absolute Gasteiger partial charge is 0.297 e. The summed E-state index contributed by atoms with van der Waals surface area (Å²) in [5, 5.41) is 2.47. The van der Waals surface area contributed by atoms with Crippen molar-refractivity contribution in [2.45, 2.75) is 31.1 Å². The molecule has 0 heterocycles. The van der Waals surface area contributed by atoms with Crippen molar-refractivity contribution < 1.29 is 22.2 Å². The summed E-state index contributed by atoms with van der Waals surface area (Å²) in [6.07, 6.45) is 0. The van der Waals surface area contributed by atoms with Crippen molar-refractivity contribution in [1.29, 1.82) is 0 Å². The molecule has 0 aliphatic heterocycles. The van der Waals surface area contributed by atoms with E-state index in [0.717, 1.165) is 17.7 Å². The summed E-state index contributed by atoms with van der Waals surface area (Å²) in [5.74, 6) is -1.56. The maximum absolute atomic E-state index is 13.4. The molecule has 2 aromatic rings. The van der Waals surface area contributed by atoms with Gasteiger partial charge in [0.15, 0.2) is 0 Å². The average Bonchev–Trinajstić information content (AvgIpc) is 2.47. The summed E-state index contributed by atoms with van der Waals surface area (Å²) in [6.45, 7) is 6.16. The summed E-state index contributed by atoms with van der Waals surface area (Å²) < 4.78 is 44.6. The fourth-order valence-electron chi connectivity index (χ4n) is 2.10. The zero-order chi connectivity index (χ0) is 18.1.